The molecule has 118 valence electrons. The first kappa shape index (κ1) is 16.4. The van der Waals surface area contributed by atoms with Crippen molar-refractivity contribution in [1.29, 1.82) is 0 Å². The quantitative estimate of drug-likeness (QED) is 0.842. The number of nitrogens with zero attached hydrogens (tertiary/aromatic N) is 1. The monoisotopic (exact) mass is 288 g/mol. The van der Waals surface area contributed by atoms with Crippen molar-refractivity contribution >= 4 is 5.69 Å². The normalized spacial score (nSPS) is 25.8. The molecule has 0 spiro atoms. The number of benzene rings is 1. The lowest BCUT2D eigenvalue weighted by molar-refractivity contribution is 0.149. The van der Waals surface area contributed by atoms with Crippen LogP contribution in [-0.4, -0.2) is 26.7 Å². The molecule has 1 N–H and O–H groups in total. The Hall–Kier alpha value is -1.02. The van der Waals surface area contributed by atoms with E-state index in [0.717, 1.165) is 25.6 Å². The Labute approximate surface area is 130 Å². The highest BCUT2D eigenvalue weighted by molar-refractivity contribution is 5.52. The summed E-state index contributed by atoms with van der Waals surface area (Å²) in [5, 5.41) is 3.62. The zero-order chi connectivity index (χ0) is 15.3. The summed E-state index contributed by atoms with van der Waals surface area (Å²) in [5.41, 5.74) is 3.19. The van der Waals surface area contributed by atoms with Gasteiger partial charge in [0.05, 0.1) is 0 Å². The van der Waals surface area contributed by atoms with E-state index in [4.69, 9.17) is 0 Å². The van der Waals surface area contributed by atoms with Crippen molar-refractivity contribution in [2.45, 2.75) is 46.5 Å². The molecule has 0 aliphatic heterocycles. The van der Waals surface area contributed by atoms with Crippen LogP contribution in [0.25, 0.3) is 0 Å². The van der Waals surface area contributed by atoms with Crippen molar-refractivity contribution in [3.05, 3.63) is 29.8 Å². The average molecular weight is 288 g/mol. The highest BCUT2D eigenvalue weighted by atomic mass is 15.1. The van der Waals surface area contributed by atoms with Crippen molar-refractivity contribution in [2.24, 2.45) is 11.3 Å². The fraction of sp³-hybridized carbons (Fsp3) is 0.684. The van der Waals surface area contributed by atoms with E-state index in [0.29, 0.717) is 5.41 Å². The molecule has 1 aliphatic carbocycles. The maximum absolute atomic E-state index is 3.62. The van der Waals surface area contributed by atoms with E-state index < -0.39 is 0 Å². The zero-order valence-corrected chi connectivity index (χ0v) is 14.3. The first-order valence-corrected chi connectivity index (χ1v) is 8.54. The topological polar surface area (TPSA) is 15.3 Å². The van der Waals surface area contributed by atoms with Gasteiger partial charge in [-0.25, -0.2) is 0 Å². The predicted octanol–water partition coefficient (Wildman–Crippen LogP) is 4.24. The van der Waals surface area contributed by atoms with Crippen LogP contribution in [0.3, 0.4) is 0 Å². The van der Waals surface area contributed by atoms with Gasteiger partial charge in [-0.2, -0.15) is 0 Å². The van der Waals surface area contributed by atoms with Gasteiger partial charge in [-0.15, -0.1) is 0 Å². The van der Waals surface area contributed by atoms with E-state index in [1.54, 1.807) is 0 Å². The van der Waals surface area contributed by atoms with Gasteiger partial charge in [-0.05, 0) is 43.9 Å². The molecule has 2 rings (SSSR count). The molecular weight excluding hydrogens is 256 g/mol. The van der Waals surface area contributed by atoms with Gasteiger partial charge in [0.25, 0.3) is 0 Å². The second-order valence-corrected chi connectivity index (χ2v) is 7.12. The molecule has 1 aromatic carbocycles. The first-order chi connectivity index (χ1) is 10.1. The van der Waals surface area contributed by atoms with Gasteiger partial charge in [-0.3, -0.25) is 0 Å². The molecule has 2 unspecified atom stereocenters. The van der Waals surface area contributed by atoms with Crippen molar-refractivity contribution in [3.8, 4) is 0 Å². The Morgan fingerprint density at radius 1 is 1.33 bits per heavy atom. The van der Waals surface area contributed by atoms with Crippen molar-refractivity contribution < 1.29 is 0 Å². The molecule has 2 heteroatoms. The Bertz CT molecular complexity index is 443. The molecule has 0 amide bonds. The van der Waals surface area contributed by atoms with Crippen molar-refractivity contribution in [2.75, 3.05) is 31.6 Å². The summed E-state index contributed by atoms with van der Waals surface area (Å²) in [6.45, 7) is 10.2. The summed E-state index contributed by atoms with van der Waals surface area (Å²) < 4.78 is 0. The Morgan fingerprint density at radius 2 is 2.10 bits per heavy atom. The van der Waals surface area contributed by atoms with Crippen LogP contribution >= 0.6 is 0 Å². The minimum atomic E-state index is 0.435. The molecule has 0 aromatic heterocycles. The lowest BCUT2D eigenvalue weighted by Gasteiger charge is -2.43. The minimum Gasteiger partial charge on any atom is -0.374 e. The van der Waals surface area contributed by atoms with Crippen LogP contribution in [-0.2, 0) is 0 Å². The number of anilines is 1. The molecule has 1 aromatic rings. The van der Waals surface area contributed by atoms with E-state index in [1.807, 2.05) is 0 Å². The van der Waals surface area contributed by atoms with E-state index in [9.17, 15) is 0 Å². The molecule has 1 fully saturated rings. The van der Waals surface area contributed by atoms with E-state index in [1.165, 1.54) is 36.9 Å². The van der Waals surface area contributed by atoms with Gasteiger partial charge in [-0.1, -0.05) is 44.9 Å². The number of para-hydroxylation sites is 1. The Balaban J connectivity index is 2.12. The number of nitrogens with one attached hydrogen (secondary N) is 1. The predicted molar refractivity (Wildman–Crippen MR) is 93.1 cm³/mol. The molecule has 0 bridgehead atoms. The maximum atomic E-state index is 3.62. The van der Waals surface area contributed by atoms with Crippen LogP contribution in [0.1, 0.15) is 45.1 Å². The summed E-state index contributed by atoms with van der Waals surface area (Å²) in [5.74, 6) is 0.864. The van der Waals surface area contributed by atoms with Gasteiger partial charge >= 0.3 is 0 Å². The lowest BCUT2D eigenvalue weighted by atomic mass is 9.69. The molecule has 2 nitrogen and oxygen atoms in total. The zero-order valence-electron chi connectivity index (χ0n) is 14.3. The van der Waals surface area contributed by atoms with Crippen molar-refractivity contribution in [1.82, 2.24) is 5.32 Å². The highest BCUT2D eigenvalue weighted by Gasteiger charge is 2.35. The minimum absolute atomic E-state index is 0.435. The highest BCUT2D eigenvalue weighted by Crippen LogP contribution is 2.40. The van der Waals surface area contributed by atoms with Gasteiger partial charge < -0.3 is 10.2 Å². The second kappa shape index (κ2) is 7.31. The number of rotatable bonds is 6. The molecule has 0 saturated heterocycles. The molecule has 2 atom stereocenters. The molecule has 0 heterocycles. The largest absolute Gasteiger partial charge is 0.374 e. The number of hydrogen-bond donors (Lipinski definition) is 1. The second-order valence-electron chi connectivity index (χ2n) is 7.12. The van der Waals surface area contributed by atoms with Crippen LogP contribution in [0.5, 0.6) is 0 Å². The van der Waals surface area contributed by atoms with Gasteiger partial charge in [0.2, 0.25) is 0 Å². The fourth-order valence-electron chi connectivity index (χ4n) is 4.10. The van der Waals surface area contributed by atoms with E-state index >= 15 is 0 Å². The molecule has 1 aliphatic rings. The first-order valence-electron chi connectivity index (χ1n) is 8.54. The van der Waals surface area contributed by atoms with Crippen molar-refractivity contribution in [3.63, 3.8) is 0 Å². The smallest absolute Gasteiger partial charge is 0.0393 e. The van der Waals surface area contributed by atoms with Crippen LogP contribution in [0, 0.1) is 18.3 Å². The summed E-state index contributed by atoms with van der Waals surface area (Å²) >= 11 is 0. The number of hydrogen-bond acceptors (Lipinski definition) is 2. The van der Waals surface area contributed by atoms with Crippen LogP contribution in [0.4, 0.5) is 5.69 Å². The van der Waals surface area contributed by atoms with Gasteiger partial charge in [0.1, 0.15) is 0 Å². The summed E-state index contributed by atoms with van der Waals surface area (Å²) in [7, 11) is 2.26. The van der Waals surface area contributed by atoms with Gasteiger partial charge in [0, 0.05) is 31.2 Å². The molecular formula is C19H32N2. The Kier molecular flexibility index (Phi) is 5.69. The summed E-state index contributed by atoms with van der Waals surface area (Å²) in [6, 6.07) is 8.75. The van der Waals surface area contributed by atoms with E-state index in [2.05, 4.69) is 62.3 Å². The summed E-state index contributed by atoms with van der Waals surface area (Å²) in [6.07, 6.45) is 5.51. The van der Waals surface area contributed by atoms with E-state index in [-0.39, 0.29) is 0 Å². The van der Waals surface area contributed by atoms with Gasteiger partial charge in [0.15, 0.2) is 0 Å². The SMILES string of the molecule is CCNCC1(CN(C)c2ccccc2C)CCCC(C)C1. The standard InChI is InChI=1S/C19H32N2/c1-5-20-14-19(12-8-9-16(2)13-19)15-21(4)18-11-7-6-10-17(18)3/h6-7,10-11,16,20H,5,8-9,12-15H2,1-4H3. The van der Waals surface area contributed by atoms with Crippen LogP contribution in [0.15, 0.2) is 24.3 Å². The number of aryl methyl sites for hydroxylation is 1. The molecule has 0 radical (unpaired) electrons. The van der Waals surface area contributed by atoms with Crippen LogP contribution in [0.2, 0.25) is 0 Å². The molecule has 1 saturated carbocycles. The third kappa shape index (κ3) is 4.23. The third-order valence-electron chi connectivity index (χ3n) is 5.03. The molecule has 21 heavy (non-hydrogen) atoms. The maximum Gasteiger partial charge on any atom is 0.0393 e. The summed E-state index contributed by atoms with van der Waals surface area (Å²) in [4.78, 5) is 2.48. The lowest BCUT2D eigenvalue weighted by Crippen LogP contribution is -2.46. The third-order valence-corrected chi connectivity index (χ3v) is 5.03. The average Bonchev–Trinajstić information content (AvgIpc) is 2.45. The Morgan fingerprint density at radius 3 is 2.76 bits per heavy atom. The van der Waals surface area contributed by atoms with Crippen LogP contribution < -0.4 is 10.2 Å². The fourth-order valence-corrected chi connectivity index (χ4v) is 4.10.